The molecule has 3 unspecified atom stereocenters. The van der Waals surface area contributed by atoms with Gasteiger partial charge in [0.2, 0.25) is 10.0 Å². The Balaban J connectivity index is 2.37. The van der Waals surface area contributed by atoms with Crippen molar-refractivity contribution in [3.8, 4) is 0 Å². The summed E-state index contributed by atoms with van der Waals surface area (Å²) < 4.78 is 49.6. The van der Waals surface area contributed by atoms with Gasteiger partial charge in [0.15, 0.2) is 9.84 Å². The molecule has 3 atom stereocenters. The second-order valence-electron chi connectivity index (χ2n) is 5.72. The monoisotopic (exact) mass is 357 g/mol. The predicted octanol–water partition coefficient (Wildman–Crippen LogP) is -0.0126. The van der Waals surface area contributed by atoms with Crippen LogP contribution in [-0.4, -0.2) is 66.1 Å². The van der Waals surface area contributed by atoms with Crippen molar-refractivity contribution in [2.45, 2.75) is 36.9 Å². The van der Waals surface area contributed by atoms with Gasteiger partial charge in [-0.1, -0.05) is 13.8 Å². The van der Waals surface area contributed by atoms with Gasteiger partial charge in [0.1, 0.15) is 6.04 Å². The van der Waals surface area contributed by atoms with Gasteiger partial charge >= 0.3 is 5.97 Å². The number of sulfonamides is 1. The SMILES string of the molecule is CC(C)C1SCC(C(=O)O)N1S(=O)(=O)C1CCS(=O)(=O)C1. The molecule has 0 bridgehead atoms. The lowest BCUT2D eigenvalue weighted by Gasteiger charge is -2.30. The van der Waals surface area contributed by atoms with Crippen LogP contribution in [0, 0.1) is 5.92 Å². The van der Waals surface area contributed by atoms with Gasteiger partial charge in [-0.25, -0.2) is 16.8 Å². The van der Waals surface area contributed by atoms with E-state index in [2.05, 4.69) is 0 Å². The first-order valence-electron chi connectivity index (χ1n) is 6.63. The van der Waals surface area contributed by atoms with E-state index in [1.165, 1.54) is 11.8 Å². The minimum absolute atomic E-state index is 0.0446. The summed E-state index contributed by atoms with van der Waals surface area (Å²) in [4.78, 5) is 11.3. The molecule has 2 aliphatic rings. The Morgan fingerprint density at radius 3 is 2.43 bits per heavy atom. The van der Waals surface area contributed by atoms with Crippen LogP contribution in [0.2, 0.25) is 0 Å². The molecule has 0 saturated carbocycles. The fourth-order valence-electron chi connectivity index (χ4n) is 2.67. The first-order valence-corrected chi connectivity index (χ1v) is 11.0. The van der Waals surface area contributed by atoms with Crippen molar-refractivity contribution in [1.82, 2.24) is 4.31 Å². The van der Waals surface area contributed by atoms with Gasteiger partial charge in [-0.05, 0) is 12.3 Å². The third-order valence-corrected chi connectivity index (χ3v) is 9.79. The third-order valence-electron chi connectivity index (χ3n) is 3.74. The molecule has 0 aliphatic carbocycles. The van der Waals surface area contributed by atoms with Crippen LogP contribution >= 0.6 is 11.8 Å². The summed E-state index contributed by atoms with van der Waals surface area (Å²) in [5.41, 5.74) is 0. The molecule has 2 aliphatic heterocycles. The molecular formula is C11H19NO6S3. The second-order valence-corrected chi connectivity index (χ2v) is 11.2. The van der Waals surface area contributed by atoms with E-state index >= 15 is 0 Å². The minimum atomic E-state index is -3.95. The smallest absolute Gasteiger partial charge is 0.322 e. The number of carboxylic acids is 1. The molecule has 2 rings (SSSR count). The zero-order valence-electron chi connectivity index (χ0n) is 11.8. The van der Waals surface area contributed by atoms with E-state index < -0.39 is 48.2 Å². The normalized spacial score (nSPS) is 33.6. The van der Waals surface area contributed by atoms with E-state index in [-0.39, 0.29) is 23.8 Å². The lowest BCUT2D eigenvalue weighted by molar-refractivity contribution is -0.140. The molecule has 0 radical (unpaired) electrons. The highest BCUT2D eigenvalue weighted by Gasteiger charge is 2.51. The zero-order valence-corrected chi connectivity index (χ0v) is 14.2. The molecule has 0 aromatic heterocycles. The standard InChI is InChI=1S/C11H19NO6S3/c1-7(2)10-12(9(5-19-10)11(13)14)21(17,18)8-3-4-20(15,16)6-8/h7-10H,3-6H2,1-2H3,(H,13,14). The largest absolute Gasteiger partial charge is 0.480 e. The first-order chi connectivity index (χ1) is 9.56. The number of rotatable bonds is 4. The van der Waals surface area contributed by atoms with Crippen LogP contribution in [0.15, 0.2) is 0 Å². The molecule has 0 aromatic rings. The van der Waals surface area contributed by atoms with E-state index in [0.29, 0.717) is 0 Å². The number of hydrogen-bond acceptors (Lipinski definition) is 6. The van der Waals surface area contributed by atoms with Crippen molar-refractivity contribution >= 4 is 37.6 Å². The highest BCUT2D eigenvalue weighted by Crippen LogP contribution is 2.38. The topological polar surface area (TPSA) is 109 Å². The zero-order chi connectivity index (χ0) is 16.0. The Morgan fingerprint density at radius 2 is 2.00 bits per heavy atom. The van der Waals surface area contributed by atoms with Gasteiger partial charge in [-0.15, -0.1) is 11.8 Å². The van der Waals surface area contributed by atoms with Crippen molar-refractivity contribution in [3.05, 3.63) is 0 Å². The molecule has 10 heteroatoms. The summed E-state index contributed by atoms with van der Waals surface area (Å²) in [6.07, 6.45) is 0.0446. The minimum Gasteiger partial charge on any atom is -0.480 e. The lowest BCUT2D eigenvalue weighted by atomic mass is 10.2. The van der Waals surface area contributed by atoms with Gasteiger partial charge < -0.3 is 5.11 Å². The molecule has 2 saturated heterocycles. The number of nitrogens with zero attached hydrogens (tertiary/aromatic N) is 1. The Morgan fingerprint density at radius 1 is 1.38 bits per heavy atom. The van der Waals surface area contributed by atoms with Gasteiger partial charge in [0.05, 0.1) is 22.1 Å². The number of carboxylic acid groups (broad SMARTS) is 1. The quantitative estimate of drug-likeness (QED) is 0.753. The summed E-state index contributed by atoms with van der Waals surface area (Å²) >= 11 is 1.30. The summed E-state index contributed by atoms with van der Waals surface area (Å²) in [6.45, 7) is 3.66. The molecular weight excluding hydrogens is 338 g/mol. The van der Waals surface area contributed by atoms with Crippen LogP contribution in [0.1, 0.15) is 20.3 Å². The van der Waals surface area contributed by atoms with Crippen LogP contribution in [0.3, 0.4) is 0 Å². The summed E-state index contributed by atoms with van der Waals surface area (Å²) in [5, 5.41) is 7.77. The number of aliphatic carboxylic acids is 1. The molecule has 0 aromatic carbocycles. The van der Waals surface area contributed by atoms with E-state index in [4.69, 9.17) is 0 Å². The highest BCUT2D eigenvalue weighted by atomic mass is 32.2. The molecule has 2 fully saturated rings. The van der Waals surface area contributed by atoms with Crippen LogP contribution in [0.25, 0.3) is 0 Å². The summed E-state index contributed by atoms with van der Waals surface area (Å²) in [6, 6.07) is -1.12. The van der Waals surface area contributed by atoms with Crippen molar-refractivity contribution in [2.75, 3.05) is 17.3 Å². The average Bonchev–Trinajstić information content (AvgIpc) is 2.92. The van der Waals surface area contributed by atoms with Gasteiger partial charge in [0, 0.05) is 5.75 Å². The van der Waals surface area contributed by atoms with Crippen LogP contribution < -0.4 is 0 Å². The summed E-state index contributed by atoms with van der Waals surface area (Å²) in [7, 11) is -7.29. The molecule has 0 spiro atoms. The van der Waals surface area contributed by atoms with Crippen molar-refractivity contribution in [3.63, 3.8) is 0 Å². The highest BCUT2D eigenvalue weighted by molar-refractivity contribution is 8.01. The first kappa shape index (κ1) is 17.0. The fourth-order valence-corrected chi connectivity index (χ4v) is 9.48. The molecule has 1 N–H and O–H groups in total. The van der Waals surface area contributed by atoms with E-state index in [0.717, 1.165) is 4.31 Å². The third kappa shape index (κ3) is 3.22. The van der Waals surface area contributed by atoms with Gasteiger partial charge in [-0.3, -0.25) is 4.79 Å². The van der Waals surface area contributed by atoms with E-state index in [1.807, 2.05) is 13.8 Å². The maximum Gasteiger partial charge on any atom is 0.322 e. The fraction of sp³-hybridized carbons (Fsp3) is 0.909. The number of sulfone groups is 1. The molecule has 0 amide bonds. The summed E-state index contributed by atoms with van der Waals surface area (Å²) in [5.74, 6) is -1.60. The van der Waals surface area contributed by atoms with Crippen LogP contribution in [-0.2, 0) is 24.7 Å². The Hall–Kier alpha value is -0.320. The van der Waals surface area contributed by atoms with Crippen LogP contribution in [0.5, 0.6) is 0 Å². The maximum atomic E-state index is 12.7. The van der Waals surface area contributed by atoms with Crippen molar-refractivity contribution in [1.29, 1.82) is 0 Å². The molecule has 2 heterocycles. The van der Waals surface area contributed by atoms with Gasteiger partial charge in [-0.2, -0.15) is 4.31 Å². The average molecular weight is 357 g/mol. The second kappa shape index (κ2) is 5.71. The Kier molecular flexibility index (Phi) is 4.63. The van der Waals surface area contributed by atoms with E-state index in [9.17, 15) is 26.7 Å². The maximum absolute atomic E-state index is 12.7. The number of thioether (sulfide) groups is 1. The number of carbonyl (C=O) groups is 1. The van der Waals surface area contributed by atoms with Crippen molar-refractivity contribution < 1.29 is 26.7 Å². The Bertz CT molecular complexity index is 626. The number of hydrogen-bond donors (Lipinski definition) is 1. The van der Waals surface area contributed by atoms with Gasteiger partial charge in [0.25, 0.3) is 0 Å². The molecule has 122 valence electrons. The predicted molar refractivity (Wildman–Crippen MR) is 80.3 cm³/mol. The lowest BCUT2D eigenvalue weighted by Crippen LogP contribution is -2.50. The molecule has 7 nitrogen and oxygen atoms in total. The van der Waals surface area contributed by atoms with E-state index in [1.54, 1.807) is 0 Å². The molecule has 21 heavy (non-hydrogen) atoms. The van der Waals surface area contributed by atoms with Crippen LogP contribution in [0.4, 0.5) is 0 Å². The van der Waals surface area contributed by atoms with Crippen molar-refractivity contribution in [2.24, 2.45) is 5.92 Å². The Labute approximate surface area is 129 Å².